The monoisotopic (exact) mass is 662 g/mol. The lowest BCUT2D eigenvalue weighted by Gasteiger charge is -2.40. The molecule has 0 aliphatic rings. The van der Waals surface area contributed by atoms with Gasteiger partial charge in [-0.3, -0.25) is 0 Å². The van der Waals surface area contributed by atoms with Crippen LogP contribution in [0.5, 0.6) is 0 Å². The molecule has 3 aromatic carbocycles. The largest absolute Gasteiger partial charge is 0.485 e. The molecule has 248 valence electrons. The maximum Gasteiger partial charge on any atom is 0.485 e. The number of hydrogen-bond donors (Lipinski definition) is 0. The third kappa shape index (κ3) is 9.47. The zero-order chi connectivity index (χ0) is 35.0. The van der Waals surface area contributed by atoms with E-state index in [-0.39, 0.29) is 33.4 Å². The standard InChI is InChI=1S/C36H39O10P/c1-25(2)31(37)41-34(7,28-19-13-10-14-20-28)44-47(40,45-35(8,42-32(38)26(3)4)29-21-15-11-16-22-29)46-36(9,43-33(39)27(5)6)30-23-17-12-18-24-30/h10-24H,1,3,5H2,2,4,6-9H3. The summed E-state index contributed by atoms with van der Waals surface area (Å²) in [6, 6.07) is 24.4. The number of esters is 3. The molecule has 0 amide bonds. The molecule has 10 nitrogen and oxygen atoms in total. The normalized spacial score (nSPS) is 16.1. The van der Waals surface area contributed by atoms with E-state index < -0.39 is 43.1 Å². The van der Waals surface area contributed by atoms with E-state index in [0.717, 1.165) is 0 Å². The van der Waals surface area contributed by atoms with Crippen molar-refractivity contribution in [1.82, 2.24) is 0 Å². The van der Waals surface area contributed by atoms with Crippen LogP contribution >= 0.6 is 7.82 Å². The van der Waals surface area contributed by atoms with E-state index >= 15 is 4.57 Å². The second-order valence-corrected chi connectivity index (χ2v) is 12.6. The summed E-state index contributed by atoms with van der Waals surface area (Å²) in [6.45, 7) is 19.1. The second-order valence-electron chi connectivity index (χ2n) is 11.2. The average molecular weight is 663 g/mol. The van der Waals surface area contributed by atoms with Crippen molar-refractivity contribution in [2.24, 2.45) is 0 Å². The maximum absolute atomic E-state index is 15.3. The Morgan fingerprint density at radius 3 is 0.894 bits per heavy atom. The van der Waals surface area contributed by atoms with E-state index in [2.05, 4.69) is 19.7 Å². The fourth-order valence-electron chi connectivity index (χ4n) is 4.10. The summed E-state index contributed by atoms with van der Waals surface area (Å²) >= 11 is 0. The highest BCUT2D eigenvalue weighted by Gasteiger charge is 2.53. The Hall–Kier alpha value is -4.60. The first-order chi connectivity index (χ1) is 21.9. The van der Waals surface area contributed by atoms with Gasteiger partial charge >= 0.3 is 25.7 Å². The van der Waals surface area contributed by atoms with E-state index in [1.807, 2.05) is 0 Å². The molecule has 0 fully saturated rings. The zero-order valence-electron chi connectivity index (χ0n) is 27.3. The molecule has 3 unspecified atom stereocenters. The lowest BCUT2D eigenvalue weighted by atomic mass is 10.1. The zero-order valence-corrected chi connectivity index (χ0v) is 28.2. The minimum atomic E-state index is -5.26. The van der Waals surface area contributed by atoms with Crippen LogP contribution in [-0.2, 0) is 64.1 Å². The Morgan fingerprint density at radius 2 is 0.702 bits per heavy atom. The molecule has 0 aromatic heterocycles. The summed E-state index contributed by atoms with van der Waals surface area (Å²) in [6.07, 6.45) is 0. The molecule has 0 radical (unpaired) electrons. The first kappa shape index (κ1) is 36.9. The van der Waals surface area contributed by atoms with Gasteiger partial charge in [0.1, 0.15) is 0 Å². The van der Waals surface area contributed by atoms with Gasteiger partial charge in [-0.05, 0) is 20.8 Å². The topological polar surface area (TPSA) is 124 Å². The molecule has 0 aliphatic heterocycles. The summed E-state index contributed by atoms with van der Waals surface area (Å²) < 4.78 is 50.9. The molecule has 0 saturated heterocycles. The van der Waals surface area contributed by atoms with Crippen LogP contribution in [0.3, 0.4) is 0 Å². The smallest absolute Gasteiger partial charge is 0.425 e. The lowest BCUT2D eigenvalue weighted by molar-refractivity contribution is -0.240. The summed E-state index contributed by atoms with van der Waals surface area (Å²) in [7, 11) is -5.26. The van der Waals surface area contributed by atoms with E-state index in [9.17, 15) is 14.4 Å². The molecular formula is C36H39O10P. The predicted octanol–water partition coefficient (Wildman–Crippen LogP) is 8.12. The van der Waals surface area contributed by atoms with Crippen LogP contribution in [0.4, 0.5) is 0 Å². The SMILES string of the molecule is C=C(C)C(=O)OC(C)(OP(=O)(OC(C)(OC(=O)C(=C)C)c1ccccc1)OC(C)(OC(=O)C(=C)C)c1ccccc1)c1ccccc1. The fourth-order valence-corrected chi connectivity index (χ4v) is 5.92. The number of hydrogen-bond acceptors (Lipinski definition) is 10. The predicted molar refractivity (Wildman–Crippen MR) is 175 cm³/mol. The molecule has 0 aliphatic carbocycles. The van der Waals surface area contributed by atoms with Crippen LogP contribution in [0.15, 0.2) is 127 Å². The number of rotatable bonds is 15. The molecule has 0 N–H and O–H groups in total. The first-order valence-electron chi connectivity index (χ1n) is 14.5. The van der Waals surface area contributed by atoms with Gasteiger partial charge in [0.25, 0.3) is 0 Å². The molecule has 0 heterocycles. The first-order valence-corrected chi connectivity index (χ1v) is 15.9. The third-order valence-electron chi connectivity index (χ3n) is 6.66. The molecule has 3 rings (SSSR count). The van der Waals surface area contributed by atoms with Crippen molar-refractivity contribution in [3.63, 3.8) is 0 Å². The van der Waals surface area contributed by atoms with Crippen molar-refractivity contribution in [3.05, 3.63) is 144 Å². The van der Waals surface area contributed by atoms with Crippen LogP contribution in [0.1, 0.15) is 58.2 Å². The fraction of sp³-hybridized carbons (Fsp3) is 0.250. The van der Waals surface area contributed by atoms with Crippen LogP contribution < -0.4 is 0 Å². The van der Waals surface area contributed by atoms with Gasteiger partial charge in [-0.25, -0.2) is 32.5 Å². The number of benzene rings is 3. The van der Waals surface area contributed by atoms with E-state index in [0.29, 0.717) is 0 Å². The maximum atomic E-state index is 15.3. The van der Waals surface area contributed by atoms with Gasteiger partial charge in [-0.1, -0.05) is 111 Å². The number of carbonyl (C=O) groups excluding carboxylic acids is 3. The molecular weight excluding hydrogens is 623 g/mol. The van der Waals surface area contributed by atoms with Crippen LogP contribution in [0.2, 0.25) is 0 Å². The summed E-state index contributed by atoms with van der Waals surface area (Å²) in [5.74, 6) is -9.16. The molecule has 11 heteroatoms. The Labute approximate surface area is 275 Å². The van der Waals surface area contributed by atoms with Crippen LogP contribution in [-0.4, -0.2) is 17.9 Å². The average Bonchev–Trinajstić information content (AvgIpc) is 3.01. The summed E-state index contributed by atoms with van der Waals surface area (Å²) in [5, 5.41) is 0. The van der Waals surface area contributed by atoms with Gasteiger partial charge in [0.15, 0.2) is 0 Å². The number of ether oxygens (including phenoxy) is 3. The van der Waals surface area contributed by atoms with Crippen molar-refractivity contribution in [1.29, 1.82) is 0 Å². The highest BCUT2D eigenvalue weighted by Crippen LogP contribution is 2.63. The second kappa shape index (κ2) is 14.9. The van der Waals surface area contributed by atoms with Gasteiger partial charge in [0.05, 0.1) is 0 Å². The van der Waals surface area contributed by atoms with Crippen LogP contribution in [0, 0.1) is 0 Å². The Bertz CT molecular complexity index is 1490. The van der Waals surface area contributed by atoms with Crippen molar-refractivity contribution in [3.8, 4) is 0 Å². The van der Waals surface area contributed by atoms with Crippen molar-refractivity contribution < 1.29 is 46.7 Å². The Balaban J connectivity index is 2.31. The summed E-state index contributed by atoms with van der Waals surface area (Å²) in [4.78, 5) is 38.8. The molecule has 0 saturated carbocycles. The summed E-state index contributed by atoms with van der Waals surface area (Å²) in [5.41, 5.74) is 0.720. The molecule has 3 aromatic rings. The van der Waals surface area contributed by atoms with E-state index in [1.54, 1.807) is 91.0 Å². The lowest BCUT2D eigenvalue weighted by Crippen LogP contribution is -2.39. The van der Waals surface area contributed by atoms with Crippen molar-refractivity contribution >= 4 is 25.7 Å². The van der Waals surface area contributed by atoms with E-state index in [4.69, 9.17) is 27.8 Å². The van der Waals surface area contributed by atoms with Crippen molar-refractivity contribution in [2.45, 2.75) is 58.9 Å². The highest BCUT2D eigenvalue weighted by molar-refractivity contribution is 7.48. The van der Waals surface area contributed by atoms with Crippen LogP contribution in [0.25, 0.3) is 0 Å². The molecule has 0 bridgehead atoms. The molecule has 3 atom stereocenters. The quantitative estimate of drug-likeness (QED) is 0.0518. The highest BCUT2D eigenvalue weighted by atomic mass is 31.2. The third-order valence-corrected chi connectivity index (χ3v) is 8.38. The van der Waals surface area contributed by atoms with Crippen molar-refractivity contribution in [2.75, 3.05) is 0 Å². The number of phosphoric ester groups is 1. The number of phosphoric acid groups is 1. The molecule has 47 heavy (non-hydrogen) atoms. The van der Waals surface area contributed by atoms with Gasteiger partial charge in [0, 0.05) is 54.2 Å². The Morgan fingerprint density at radius 1 is 0.489 bits per heavy atom. The Kier molecular flexibility index (Phi) is 11.7. The minimum absolute atomic E-state index is 0.0152. The van der Waals surface area contributed by atoms with Gasteiger partial charge in [-0.2, -0.15) is 0 Å². The van der Waals surface area contributed by atoms with E-state index in [1.165, 1.54) is 41.5 Å². The minimum Gasteiger partial charge on any atom is -0.425 e. The van der Waals surface area contributed by atoms with Gasteiger partial charge in [0.2, 0.25) is 17.4 Å². The number of carbonyl (C=O) groups is 3. The van der Waals surface area contributed by atoms with Gasteiger partial charge in [-0.15, -0.1) is 0 Å². The van der Waals surface area contributed by atoms with Gasteiger partial charge < -0.3 is 14.2 Å². The molecule has 0 spiro atoms.